The molecule has 1 amide bonds. The van der Waals surface area contributed by atoms with Crippen molar-refractivity contribution >= 4 is 22.9 Å². The lowest BCUT2D eigenvalue weighted by molar-refractivity contribution is -0.134. The second kappa shape index (κ2) is 6.61. The van der Waals surface area contributed by atoms with Crippen LogP contribution in [0.15, 0.2) is 42.9 Å². The quantitative estimate of drug-likeness (QED) is 0.317. The zero-order valence-electron chi connectivity index (χ0n) is 19.0. The van der Waals surface area contributed by atoms with E-state index in [-0.39, 0.29) is 17.7 Å². The number of hydrogen-bond acceptors (Lipinski definition) is 9. The van der Waals surface area contributed by atoms with Gasteiger partial charge in [-0.1, -0.05) is 35.5 Å². The molecule has 3 aromatic heterocycles. The average Bonchev–Trinajstić information content (AvgIpc) is 3.53. The van der Waals surface area contributed by atoms with Crippen LogP contribution < -0.4 is 10.6 Å². The molecule has 12 heteroatoms. The highest BCUT2D eigenvalue weighted by Gasteiger charge is 2.91. The maximum Gasteiger partial charge on any atom is 0.256 e. The van der Waals surface area contributed by atoms with Gasteiger partial charge >= 0.3 is 0 Å². The summed E-state index contributed by atoms with van der Waals surface area (Å²) in [5.74, 6) is 0.249. The molecule has 178 valence electrons. The Kier molecular flexibility index (Phi) is 3.87. The molecule has 6 atom stereocenters. The molecule has 0 aliphatic heterocycles. The molecule has 1 aromatic carbocycles. The van der Waals surface area contributed by atoms with Gasteiger partial charge in [0.1, 0.15) is 11.3 Å². The zero-order valence-corrected chi connectivity index (χ0v) is 19.0. The topological polar surface area (TPSA) is 156 Å². The van der Waals surface area contributed by atoms with E-state index in [1.807, 2.05) is 30.3 Å². The monoisotopic (exact) mass is 473 g/mol. The summed E-state index contributed by atoms with van der Waals surface area (Å²) in [5, 5.41) is 36.6. The van der Waals surface area contributed by atoms with Crippen LogP contribution in [0.4, 0.5) is 5.82 Å². The van der Waals surface area contributed by atoms with Crippen molar-refractivity contribution < 1.29 is 15.0 Å². The lowest BCUT2D eigenvalue weighted by Crippen LogP contribution is -2.45. The minimum Gasteiger partial charge on any atom is -0.389 e. The minimum atomic E-state index is -1.40. The maximum atomic E-state index is 12.4. The van der Waals surface area contributed by atoms with E-state index in [0.29, 0.717) is 35.0 Å². The molecule has 0 spiro atoms. The van der Waals surface area contributed by atoms with E-state index in [0.717, 1.165) is 5.56 Å². The second-order valence-corrected chi connectivity index (χ2v) is 9.55. The Morgan fingerprint density at radius 3 is 2.69 bits per heavy atom. The fourth-order valence-electron chi connectivity index (χ4n) is 6.27. The summed E-state index contributed by atoms with van der Waals surface area (Å²) in [4.78, 5) is 26.2. The van der Waals surface area contributed by atoms with Crippen LogP contribution in [0.2, 0.25) is 0 Å². The van der Waals surface area contributed by atoms with E-state index in [9.17, 15) is 15.0 Å². The number of imidazole rings is 1. The average molecular weight is 473 g/mol. The van der Waals surface area contributed by atoms with Gasteiger partial charge in [0, 0.05) is 25.6 Å². The highest BCUT2D eigenvalue weighted by Crippen LogP contribution is 2.82. The van der Waals surface area contributed by atoms with Gasteiger partial charge in [-0.2, -0.15) is 14.6 Å². The van der Waals surface area contributed by atoms with Crippen molar-refractivity contribution in [3.8, 4) is 17.2 Å². The first-order valence-electron chi connectivity index (χ1n) is 11.5. The number of amides is 1. The number of fused-ring (bicyclic) bond motifs is 4. The number of hydrogen-bond donors (Lipinski definition) is 4. The second-order valence-electron chi connectivity index (χ2n) is 9.55. The number of rotatable bonds is 5. The highest BCUT2D eigenvalue weighted by molar-refractivity contribution is 5.89. The molecular formula is C23H23N9O3. The van der Waals surface area contributed by atoms with Gasteiger partial charge in [-0.15, -0.1) is 5.10 Å². The standard InChI is InChI=1S/C23H23N9O3/c1-24-17-15-18(28-21(27-17)32-9-13(29-30-32)11-6-4-3-5-7-11)31(10-26-15)16-14-12-8-22(12,20(34)25-2)19(33)23(14,16)35/h3-7,9-10,12,14,16,19,33,35H,8H2,1-2H3,(H,25,34)(H,24,27,28)/t12?,14-,16+,19+,22?,23+/m0/s1. The Hall–Kier alpha value is -3.90. The summed E-state index contributed by atoms with van der Waals surface area (Å²) < 4.78 is 3.28. The van der Waals surface area contributed by atoms with Gasteiger partial charge < -0.3 is 25.4 Å². The van der Waals surface area contributed by atoms with Crippen molar-refractivity contribution in [3.05, 3.63) is 42.9 Å². The van der Waals surface area contributed by atoms with E-state index in [1.165, 1.54) is 4.68 Å². The molecule has 3 fully saturated rings. The van der Waals surface area contributed by atoms with Gasteiger partial charge in [-0.05, 0) is 12.3 Å². The van der Waals surface area contributed by atoms with E-state index in [2.05, 4.69) is 30.9 Å². The first-order valence-corrected chi connectivity index (χ1v) is 11.5. The Morgan fingerprint density at radius 1 is 1.20 bits per heavy atom. The zero-order chi connectivity index (χ0) is 24.1. The fourth-order valence-corrected chi connectivity index (χ4v) is 6.27. The number of nitrogens with one attached hydrogen (secondary N) is 2. The molecule has 2 unspecified atom stereocenters. The summed E-state index contributed by atoms with van der Waals surface area (Å²) in [7, 11) is 3.30. The number of aliphatic hydroxyl groups excluding tert-OH is 1. The van der Waals surface area contributed by atoms with Crippen LogP contribution in [0.3, 0.4) is 0 Å². The number of carbonyl (C=O) groups excluding carboxylic acids is 1. The van der Waals surface area contributed by atoms with Gasteiger partial charge in [-0.25, -0.2) is 4.98 Å². The van der Waals surface area contributed by atoms with Gasteiger partial charge in [0.2, 0.25) is 5.91 Å². The summed E-state index contributed by atoms with van der Waals surface area (Å²) in [5.41, 5.74) is 0.346. The molecule has 35 heavy (non-hydrogen) atoms. The van der Waals surface area contributed by atoms with E-state index in [1.54, 1.807) is 31.2 Å². The number of carbonyl (C=O) groups is 1. The number of anilines is 1. The van der Waals surface area contributed by atoms with Gasteiger partial charge in [0.15, 0.2) is 17.0 Å². The van der Waals surface area contributed by atoms with E-state index in [4.69, 9.17) is 4.98 Å². The Bertz CT molecular complexity index is 1500. The van der Waals surface area contributed by atoms with Crippen molar-refractivity contribution in [2.45, 2.75) is 24.2 Å². The molecule has 0 radical (unpaired) electrons. The molecule has 3 heterocycles. The van der Waals surface area contributed by atoms with Crippen LogP contribution in [0.5, 0.6) is 0 Å². The minimum absolute atomic E-state index is 0.0845. The van der Waals surface area contributed by atoms with Crippen molar-refractivity contribution in [1.82, 2.24) is 39.8 Å². The molecular weight excluding hydrogens is 450 g/mol. The SMILES string of the molecule is CNC(=O)C12CC1[C@H]1[C@@H](n3cnc4c(NC)nc(-n5cc(-c6ccccc6)nn5)nc43)[C@@]1(O)[C@@H]2O. The lowest BCUT2D eigenvalue weighted by atomic mass is 9.93. The number of benzene rings is 1. The third kappa shape index (κ3) is 2.42. The molecule has 0 saturated heterocycles. The predicted octanol–water partition coefficient (Wildman–Crippen LogP) is 0.144. The van der Waals surface area contributed by atoms with Crippen LogP contribution >= 0.6 is 0 Å². The van der Waals surface area contributed by atoms with Gasteiger partial charge in [0.25, 0.3) is 5.95 Å². The van der Waals surface area contributed by atoms with Gasteiger partial charge in [-0.3, -0.25) is 4.79 Å². The summed E-state index contributed by atoms with van der Waals surface area (Å²) >= 11 is 0. The molecule has 3 aliphatic rings. The lowest BCUT2D eigenvalue weighted by Gasteiger charge is -2.25. The van der Waals surface area contributed by atoms with Crippen molar-refractivity contribution in [2.24, 2.45) is 17.3 Å². The normalized spacial score (nSPS) is 32.2. The van der Waals surface area contributed by atoms with Crippen LogP contribution in [0, 0.1) is 17.3 Å². The van der Waals surface area contributed by atoms with Crippen LogP contribution in [-0.4, -0.2) is 76.4 Å². The molecule has 0 bridgehead atoms. The van der Waals surface area contributed by atoms with E-state index < -0.39 is 23.2 Å². The molecule has 3 saturated carbocycles. The third-order valence-electron chi connectivity index (χ3n) is 8.02. The van der Waals surface area contributed by atoms with Crippen LogP contribution in [0.1, 0.15) is 12.5 Å². The fraction of sp³-hybridized carbons (Fsp3) is 0.391. The third-order valence-corrected chi connectivity index (χ3v) is 8.02. The number of aliphatic hydroxyl groups is 2. The van der Waals surface area contributed by atoms with E-state index >= 15 is 0 Å². The smallest absolute Gasteiger partial charge is 0.256 e. The van der Waals surface area contributed by atoms with Crippen molar-refractivity contribution in [3.63, 3.8) is 0 Å². The highest BCUT2D eigenvalue weighted by atomic mass is 16.4. The summed E-state index contributed by atoms with van der Waals surface area (Å²) in [6.07, 6.45) is 2.77. The largest absolute Gasteiger partial charge is 0.389 e. The molecule has 4 N–H and O–H groups in total. The van der Waals surface area contributed by atoms with Crippen LogP contribution in [-0.2, 0) is 4.79 Å². The predicted molar refractivity (Wildman–Crippen MR) is 123 cm³/mol. The maximum absolute atomic E-state index is 12.4. The Labute approximate surface area is 199 Å². The number of nitrogens with zero attached hydrogens (tertiary/aromatic N) is 7. The number of aromatic nitrogens is 7. The summed E-state index contributed by atoms with van der Waals surface area (Å²) in [6, 6.07) is 9.25. The molecule has 7 rings (SSSR count). The summed E-state index contributed by atoms with van der Waals surface area (Å²) in [6.45, 7) is 0. The molecule has 4 aromatic rings. The Balaban J connectivity index is 1.29. The first-order chi connectivity index (χ1) is 16.9. The van der Waals surface area contributed by atoms with Crippen molar-refractivity contribution in [1.29, 1.82) is 0 Å². The Morgan fingerprint density at radius 2 is 2.00 bits per heavy atom. The van der Waals surface area contributed by atoms with Gasteiger partial charge in [0.05, 0.1) is 30.1 Å². The van der Waals surface area contributed by atoms with Crippen LogP contribution in [0.25, 0.3) is 28.4 Å². The van der Waals surface area contributed by atoms with Crippen molar-refractivity contribution in [2.75, 3.05) is 19.4 Å². The molecule has 3 aliphatic carbocycles. The molecule has 12 nitrogen and oxygen atoms in total. The first kappa shape index (κ1) is 20.5.